The molecular formula is C14H14N2O3. The molecule has 0 aliphatic carbocycles. The van der Waals surface area contributed by atoms with Gasteiger partial charge >= 0.3 is 0 Å². The second-order valence-electron chi connectivity index (χ2n) is 4.65. The first-order chi connectivity index (χ1) is 9.28. The minimum Gasteiger partial charge on any atom is -0.491 e. The molecule has 1 fully saturated rings. The zero-order valence-corrected chi connectivity index (χ0v) is 10.3. The molecule has 1 aliphatic heterocycles. The van der Waals surface area contributed by atoms with Crippen LogP contribution in [0.3, 0.4) is 0 Å². The molecule has 1 aromatic carbocycles. The monoisotopic (exact) mass is 258 g/mol. The van der Waals surface area contributed by atoms with Crippen molar-refractivity contribution < 1.29 is 14.3 Å². The lowest BCUT2D eigenvalue weighted by molar-refractivity contribution is -0.123. The third-order valence-corrected chi connectivity index (χ3v) is 3.37. The van der Waals surface area contributed by atoms with Gasteiger partial charge in [-0.15, -0.1) is 0 Å². The lowest BCUT2D eigenvalue weighted by atomic mass is 10.1. The molecule has 98 valence electrons. The summed E-state index contributed by atoms with van der Waals surface area (Å²) in [6.45, 7) is 1.08. The number of hydrogen-bond donors (Lipinski definition) is 2. The zero-order valence-electron chi connectivity index (χ0n) is 10.3. The fraction of sp³-hybridized carbons (Fsp3) is 0.286. The van der Waals surface area contributed by atoms with Gasteiger partial charge < -0.3 is 15.0 Å². The van der Waals surface area contributed by atoms with E-state index < -0.39 is 0 Å². The minimum atomic E-state index is -0.0873. The van der Waals surface area contributed by atoms with Crippen molar-refractivity contribution in [1.29, 1.82) is 0 Å². The third kappa shape index (κ3) is 2.19. The smallest absolute Gasteiger partial charge is 0.226 e. The van der Waals surface area contributed by atoms with E-state index >= 15 is 0 Å². The number of aldehydes is 1. The largest absolute Gasteiger partial charge is 0.491 e. The maximum atomic E-state index is 11.5. The van der Waals surface area contributed by atoms with Crippen molar-refractivity contribution in [3.8, 4) is 5.75 Å². The van der Waals surface area contributed by atoms with Crippen LogP contribution >= 0.6 is 0 Å². The molecule has 2 N–H and O–H groups in total. The van der Waals surface area contributed by atoms with Gasteiger partial charge in [0.25, 0.3) is 0 Å². The number of para-hydroxylation sites is 1. The van der Waals surface area contributed by atoms with E-state index in [0.717, 1.165) is 30.2 Å². The highest BCUT2D eigenvalue weighted by Crippen LogP contribution is 2.26. The minimum absolute atomic E-state index is 0.0484. The maximum Gasteiger partial charge on any atom is 0.226 e. The van der Waals surface area contributed by atoms with Crippen LogP contribution in [-0.2, 0) is 4.79 Å². The Kier molecular flexibility index (Phi) is 2.95. The number of aromatic amines is 1. The van der Waals surface area contributed by atoms with Gasteiger partial charge in [-0.05, 0) is 18.6 Å². The predicted octanol–water partition coefficient (Wildman–Crippen LogP) is 1.50. The molecule has 19 heavy (non-hydrogen) atoms. The molecule has 0 spiro atoms. The molecule has 1 aliphatic rings. The zero-order chi connectivity index (χ0) is 13.2. The second-order valence-corrected chi connectivity index (χ2v) is 4.65. The number of H-pyrrole nitrogens is 1. The van der Waals surface area contributed by atoms with Crippen molar-refractivity contribution in [1.82, 2.24) is 10.3 Å². The molecule has 1 aromatic heterocycles. The van der Waals surface area contributed by atoms with Crippen molar-refractivity contribution in [2.45, 2.75) is 6.42 Å². The van der Waals surface area contributed by atoms with Gasteiger partial charge in [-0.2, -0.15) is 0 Å². The van der Waals surface area contributed by atoms with Crippen LogP contribution in [0.15, 0.2) is 24.3 Å². The second kappa shape index (κ2) is 4.76. The van der Waals surface area contributed by atoms with E-state index in [2.05, 4.69) is 10.3 Å². The van der Waals surface area contributed by atoms with E-state index in [-0.39, 0.29) is 11.8 Å². The van der Waals surface area contributed by atoms with Gasteiger partial charge in [0.05, 0.1) is 23.7 Å². The molecule has 1 atom stereocenters. The molecule has 5 nitrogen and oxygen atoms in total. The van der Waals surface area contributed by atoms with Crippen molar-refractivity contribution in [3.05, 3.63) is 30.0 Å². The van der Waals surface area contributed by atoms with E-state index in [4.69, 9.17) is 4.74 Å². The van der Waals surface area contributed by atoms with E-state index in [1.807, 2.05) is 18.2 Å². The fourth-order valence-corrected chi connectivity index (χ4v) is 2.33. The molecular weight excluding hydrogens is 244 g/mol. The highest BCUT2D eigenvalue weighted by atomic mass is 16.5. The predicted molar refractivity (Wildman–Crippen MR) is 70.3 cm³/mol. The number of rotatable bonds is 4. The number of fused-ring (bicyclic) bond motifs is 1. The van der Waals surface area contributed by atoms with Gasteiger partial charge in [-0.3, -0.25) is 9.59 Å². The SMILES string of the molecule is O=Cc1cc2cccc(OCC3CCNC3=O)c2[nH]1. The van der Waals surface area contributed by atoms with Crippen LogP contribution in [0.1, 0.15) is 16.9 Å². The van der Waals surface area contributed by atoms with Crippen molar-refractivity contribution in [3.63, 3.8) is 0 Å². The molecule has 1 amide bonds. The summed E-state index contributed by atoms with van der Waals surface area (Å²) in [5.41, 5.74) is 1.31. The summed E-state index contributed by atoms with van der Waals surface area (Å²) < 4.78 is 5.72. The number of nitrogens with one attached hydrogen (secondary N) is 2. The molecule has 5 heteroatoms. The number of benzene rings is 1. The average molecular weight is 258 g/mol. The van der Waals surface area contributed by atoms with Crippen LogP contribution in [0.25, 0.3) is 10.9 Å². The Labute approximate surface area is 109 Å². The van der Waals surface area contributed by atoms with Crippen molar-refractivity contribution in [2.75, 3.05) is 13.2 Å². The summed E-state index contributed by atoms with van der Waals surface area (Å²) in [6, 6.07) is 7.39. The molecule has 2 aromatic rings. The van der Waals surface area contributed by atoms with Crippen LogP contribution in [0.4, 0.5) is 0 Å². The Bertz CT molecular complexity index is 633. The van der Waals surface area contributed by atoms with Gasteiger partial charge in [0, 0.05) is 11.9 Å². The normalized spacial score (nSPS) is 18.5. The number of amides is 1. The molecule has 3 rings (SSSR count). The van der Waals surface area contributed by atoms with Gasteiger partial charge in [0.2, 0.25) is 5.91 Å². The number of aromatic nitrogens is 1. The lowest BCUT2D eigenvalue weighted by Crippen LogP contribution is -2.23. The first-order valence-electron chi connectivity index (χ1n) is 6.25. The van der Waals surface area contributed by atoms with E-state index in [9.17, 15) is 9.59 Å². The Hall–Kier alpha value is -2.30. The van der Waals surface area contributed by atoms with Crippen LogP contribution < -0.4 is 10.1 Å². The van der Waals surface area contributed by atoms with Crippen LogP contribution in [0.2, 0.25) is 0 Å². The topological polar surface area (TPSA) is 71.2 Å². The Balaban J connectivity index is 1.82. The maximum absolute atomic E-state index is 11.5. The summed E-state index contributed by atoms with van der Waals surface area (Å²) in [5, 5.41) is 3.71. The van der Waals surface area contributed by atoms with Crippen LogP contribution in [-0.4, -0.2) is 30.3 Å². The number of carbonyl (C=O) groups excluding carboxylic acids is 2. The standard InChI is InChI=1S/C14H14N2O3/c17-7-11-6-9-2-1-3-12(13(9)16-11)19-8-10-4-5-15-14(10)18/h1-3,6-7,10,16H,4-5,8H2,(H,15,18). The summed E-state index contributed by atoms with van der Waals surface area (Å²) in [5.74, 6) is 0.633. The lowest BCUT2D eigenvalue weighted by Gasteiger charge is -2.10. The highest BCUT2D eigenvalue weighted by molar-refractivity contribution is 5.91. The molecule has 1 unspecified atom stereocenters. The van der Waals surface area contributed by atoms with Gasteiger partial charge in [0.15, 0.2) is 6.29 Å². The van der Waals surface area contributed by atoms with Crippen molar-refractivity contribution in [2.24, 2.45) is 5.92 Å². The van der Waals surface area contributed by atoms with Gasteiger partial charge in [0.1, 0.15) is 5.75 Å². The van der Waals surface area contributed by atoms with E-state index in [1.54, 1.807) is 6.07 Å². The third-order valence-electron chi connectivity index (χ3n) is 3.37. The average Bonchev–Trinajstić information content (AvgIpc) is 3.02. The molecule has 1 saturated heterocycles. The summed E-state index contributed by atoms with van der Waals surface area (Å²) in [6.07, 6.45) is 1.58. The van der Waals surface area contributed by atoms with E-state index in [0.29, 0.717) is 18.1 Å². The molecule has 0 bridgehead atoms. The first-order valence-corrected chi connectivity index (χ1v) is 6.25. The van der Waals surface area contributed by atoms with Crippen LogP contribution in [0.5, 0.6) is 5.75 Å². The van der Waals surface area contributed by atoms with Crippen molar-refractivity contribution >= 4 is 23.1 Å². The highest BCUT2D eigenvalue weighted by Gasteiger charge is 2.24. The first kappa shape index (κ1) is 11.8. The molecule has 2 heterocycles. The molecule has 0 radical (unpaired) electrons. The van der Waals surface area contributed by atoms with Gasteiger partial charge in [-0.25, -0.2) is 0 Å². The Morgan fingerprint density at radius 3 is 3.05 bits per heavy atom. The Morgan fingerprint density at radius 1 is 1.42 bits per heavy atom. The summed E-state index contributed by atoms with van der Waals surface area (Å²) in [7, 11) is 0. The van der Waals surface area contributed by atoms with Gasteiger partial charge in [-0.1, -0.05) is 12.1 Å². The fourth-order valence-electron chi connectivity index (χ4n) is 2.33. The molecule has 0 saturated carbocycles. The number of hydrogen-bond acceptors (Lipinski definition) is 3. The van der Waals surface area contributed by atoms with Crippen LogP contribution in [0, 0.1) is 5.92 Å². The summed E-state index contributed by atoms with van der Waals surface area (Å²) >= 11 is 0. The summed E-state index contributed by atoms with van der Waals surface area (Å²) in [4.78, 5) is 25.2. The quantitative estimate of drug-likeness (QED) is 0.816. The number of ether oxygens (including phenoxy) is 1. The Morgan fingerprint density at radius 2 is 2.32 bits per heavy atom. The number of carbonyl (C=O) groups is 2. The van der Waals surface area contributed by atoms with E-state index in [1.165, 1.54) is 0 Å².